The summed E-state index contributed by atoms with van der Waals surface area (Å²) in [5.74, 6) is -0.953. The zero-order chi connectivity index (χ0) is 22.0. The number of carboxylic acids is 1. The highest BCUT2D eigenvalue weighted by Gasteiger charge is 2.26. The van der Waals surface area contributed by atoms with E-state index in [4.69, 9.17) is 5.73 Å². The minimum Gasteiger partial charge on any atom is -0.478 e. The normalized spacial score (nSPS) is 15.9. The number of nitrogens with zero attached hydrogens (tertiary/aromatic N) is 4. The number of nitrogens with one attached hydrogen (secondary N) is 1. The Hall–Kier alpha value is -3.94. The molecule has 3 aromatic rings. The van der Waals surface area contributed by atoms with Gasteiger partial charge in [0.15, 0.2) is 0 Å². The number of aromatic nitrogens is 3. The van der Waals surface area contributed by atoms with Crippen LogP contribution in [0.5, 0.6) is 0 Å². The van der Waals surface area contributed by atoms with Crippen LogP contribution in [0, 0.1) is 6.92 Å². The van der Waals surface area contributed by atoms with Gasteiger partial charge in [0.05, 0.1) is 23.0 Å². The number of nitrogens with two attached hydrogens (primary N) is 1. The average molecular weight is 416 g/mol. The number of allylic oxidation sites excluding steroid dienone is 1. The Morgan fingerprint density at radius 2 is 2.13 bits per heavy atom. The van der Waals surface area contributed by atoms with Crippen molar-refractivity contribution in [2.45, 2.75) is 25.9 Å². The van der Waals surface area contributed by atoms with Gasteiger partial charge < -0.3 is 16.2 Å². The van der Waals surface area contributed by atoms with Crippen LogP contribution < -0.4 is 11.1 Å². The SMILES string of the molecule is CN=CC(=CN)c1ccc2c(c1)C(Nc1cccc(C(=O)O)c1)CCn1nnc(C)c1-2. The summed E-state index contributed by atoms with van der Waals surface area (Å²) < 4.78 is 1.93. The fourth-order valence-corrected chi connectivity index (χ4v) is 3.99. The number of fused-ring (bicyclic) bond motifs is 3. The first kappa shape index (κ1) is 20.3. The van der Waals surface area contributed by atoms with E-state index < -0.39 is 5.97 Å². The number of hydrogen-bond acceptors (Lipinski definition) is 6. The van der Waals surface area contributed by atoms with Gasteiger partial charge in [0, 0.05) is 42.8 Å². The van der Waals surface area contributed by atoms with Gasteiger partial charge in [0.1, 0.15) is 0 Å². The molecule has 2 heterocycles. The minimum atomic E-state index is -0.953. The molecule has 1 atom stereocenters. The summed E-state index contributed by atoms with van der Waals surface area (Å²) >= 11 is 0. The molecule has 1 aliphatic heterocycles. The van der Waals surface area contributed by atoms with Gasteiger partial charge >= 0.3 is 5.97 Å². The lowest BCUT2D eigenvalue weighted by Crippen LogP contribution is -2.13. The number of benzene rings is 2. The van der Waals surface area contributed by atoms with Crippen molar-refractivity contribution < 1.29 is 9.90 Å². The molecule has 2 aromatic carbocycles. The first-order valence-corrected chi connectivity index (χ1v) is 10.0. The van der Waals surface area contributed by atoms with Crippen LogP contribution in [0.25, 0.3) is 16.8 Å². The molecule has 0 aliphatic carbocycles. The molecule has 4 N–H and O–H groups in total. The lowest BCUT2D eigenvalue weighted by molar-refractivity contribution is 0.0697. The van der Waals surface area contributed by atoms with Gasteiger partial charge in [-0.25, -0.2) is 9.48 Å². The summed E-state index contributed by atoms with van der Waals surface area (Å²) in [6.07, 6.45) is 4.03. The Kier molecular flexibility index (Phi) is 5.53. The molecule has 31 heavy (non-hydrogen) atoms. The van der Waals surface area contributed by atoms with E-state index in [2.05, 4.69) is 32.8 Å². The molecular formula is C23H24N6O2. The molecule has 4 rings (SSSR count). The molecule has 8 nitrogen and oxygen atoms in total. The average Bonchev–Trinajstić information content (AvgIpc) is 3.07. The highest BCUT2D eigenvalue weighted by atomic mass is 16.4. The monoisotopic (exact) mass is 416 g/mol. The van der Waals surface area contributed by atoms with Crippen molar-refractivity contribution in [1.29, 1.82) is 0 Å². The van der Waals surface area contributed by atoms with E-state index in [0.717, 1.165) is 45.8 Å². The molecule has 0 spiro atoms. The third-order valence-corrected chi connectivity index (χ3v) is 5.45. The number of carbonyl (C=O) groups is 1. The van der Waals surface area contributed by atoms with Crippen LogP contribution in [-0.4, -0.2) is 39.3 Å². The number of anilines is 1. The first-order valence-electron chi connectivity index (χ1n) is 10.0. The molecule has 0 bridgehead atoms. The zero-order valence-electron chi connectivity index (χ0n) is 17.4. The molecule has 1 aliphatic rings. The predicted molar refractivity (Wildman–Crippen MR) is 121 cm³/mol. The van der Waals surface area contributed by atoms with Gasteiger partial charge in [-0.3, -0.25) is 4.99 Å². The van der Waals surface area contributed by atoms with E-state index in [1.54, 1.807) is 37.7 Å². The van der Waals surface area contributed by atoms with Crippen LogP contribution in [0.3, 0.4) is 0 Å². The van der Waals surface area contributed by atoms with Crippen LogP contribution in [0.4, 0.5) is 5.69 Å². The molecular weight excluding hydrogens is 392 g/mol. The topological polar surface area (TPSA) is 118 Å². The van der Waals surface area contributed by atoms with Gasteiger partial charge in [-0.05, 0) is 48.7 Å². The van der Waals surface area contributed by atoms with Crippen molar-refractivity contribution in [2.24, 2.45) is 10.7 Å². The third kappa shape index (κ3) is 3.92. The second kappa shape index (κ2) is 8.43. The van der Waals surface area contributed by atoms with E-state index in [1.807, 2.05) is 23.7 Å². The lowest BCUT2D eigenvalue weighted by Gasteiger charge is -2.22. The third-order valence-electron chi connectivity index (χ3n) is 5.45. The van der Waals surface area contributed by atoms with E-state index in [-0.39, 0.29) is 11.6 Å². The van der Waals surface area contributed by atoms with Gasteiger partial charge in [-0.2, -0.15) is 0 Å². The highest BCUT2D eigenvalue weighted by molar-refractivity contribution is 6.09. The summed E-state index contributed by atoms with van der Waals surface area (Å²) in [5, 5.41) is 21.4. The largest absolute Gasteiger partial charge is 0.478 e. The summed E-state index contributed by atoms with van der Waals surface area (Å²) in [5.41, 5.74) is 12.6. The van der Waals surface area contributed by atoms with Crippen LogP contribution in [0.1, 0.15) is 39.6 Å². The van der Waals surface area contributed by atoms with Crippen molar-refractivity contribution in [1.82, 2.24) is 15.0 Å². The van der Waals surface area contributed by atoms with Crippen molar-refractivity contribution in [2.75, 3.05) is 12.4 Å². The predicted octanol–water partition coefficient (Wildman–Crippen LogP) is 3.51. The van der Waals surface area contributed by atoms with Crippen LogP contribution in [0.15, 0.2) is 53.7 Å². The smallest absolute Gasteiger partial charge is 0.335 e. The van der Waals surface area contributed by atoms with Crippen LogP contribution >= 0.6 is 0 Å². The summed E-state index contributed by atoms with van der Waals surface area (Å²) in [4.78, 5) is 15.5. The first-order chi connectivity index (χ1) is 15.0. The maximum atomic E-state index is 11.4. The second-order valence-corrected chi connectivity index (χ2v) is 7.43. The van der Waals surface area contributed by atoms with E-state index in [1.165, 1.54) is 0 Å². The molecule has 0 fully saturated rings. The van der Waals surface area contributed by atoms with Crippen LogP contribution in [-0.2, 0) is 6.54 Å². The Morgan fingerprint density at radius 3 is 2.87 bits per heavy atom. The quantitative estimate of drug-likeness (QED) is 0.548. The number of rotatable bonds is 5. The van der Waals surface area contributed by atoms with Crippen molar-refractivity contribution in [3.8, 4) is 11.3 Å². The van der Waals surface area contributed by atoms with Crippen molar-refractivity contribution in [3.05, 3.63) is 71.0 Å². The van der Waals surface area contributed by atoms with E-state index >= 15 is 0 Å². The number of carboxylic acid groups (broad SMARTS) is 1. The Morgan fingerprint density at radius 1 is 1.29 bits per heavy atom. The summed E-state index contributed by atoms with van der Waals surface area (Å²) in [6, 6.07) is 13.0. The molecule has 8 heteroatoms. The Labute approximate surface area is 180 Å². The molecule has 0 amide bonds. The minimum absolute atomic E-state index is 0.0577. The number of aryl methyl sites for hydroxylation is 2. The molecule has 1 unspecified atom stereocenters. The van der Waals surface area contributed by atoms with Gasteiger partial charge in [0.25, 0.3) is 0 Å². The van der Waals surface area contributed by atoms with E-state index in [0.29, 0.717) is 6.54 Å². The molecule has 1 aromatic heterocycles. The van der Waals surface area contributed by atoms with Crippen LogP contribution in [0.2, 0.25) is 0 Å². The number of aliphatic imine (C=N–C) groups is 1. The second-order valence-electron chi connectivity index (χ2n) is 7.43. The fourth-order valence-electron chi connectivity index (χ4n) is 3.99. The van der Waals surface area contributed by atoms with Crippen molar-refractivity contribution in [3.63, 3.8) is 0 Å². The summed E-state index contributed by atoms with van der Waals surface area (Å²) in [7, 11) is 1.71. The van der Waals surface area contributed by atoms with Gasteiger partial charge in [-0.15, -0.1) is 5.10 Å². The molecule has 0 saturated carbocycles. The molecule has 0 saturated heterocycles. The maximum Gasteiger partial charge on any atom is 0.335 e. The zero-order valence-corrected chi connectivity index (χ0v) is 17.4. The Balaban J connectivity index is 1.82. The standard InChI is InChI=1S/C23H24N6O2/c1-14-22-19-7-6-15(17(12-24)13-25-2)11-20(19)21(8-9-29(22)28-27-14)26-18-5-3-4-16(10-18)23(30)31/h3-7,10-13,21,26H,8-9,24H2,1-2H3,(H,30,31). The number of aromatic carboxylic acids is 1. The van der Waals surface area contributed by atoms with E-state index in [9.17, 15) is 9.90 Å². The highest BCUT2D eigenvalue weighted by Crippen LogP contribution is 2.38. The molecule has 0 radical (unpaired) electrons. The van der Waals surface area contributed by atoms with Crippen molar-refractivity contribution >= 4 is 23.4 Å². The lowest BCUT2D eigenvalue weighted by atomic mass is 9.92. The molecule has 158 valence electrons. The summed E-state index contributed by atoms with van der Waals surface area (Å²) in [6.45, 7) is 2.64. The fraction of sp³-hybridized carbons (Fsp3) is 0.217. The van der Waals surface area contributed by atoms with Gasteiger partial charge in [-0.1, -0.05) is 23.4 Å². The maximum absolute atomic E-state index is 11.4. The number of hydrogen-bond donors (Lipinski definition) is 3. The van der Waals surface area contributed by atoms with Gasteiger partial charge in [0.2, 0.25) is 0 Å². The Bertz CT molecular complexity index is 1190.